The molecule has 1 aliphatic heterocycles. The molecule has 0 bridgehead atoms. The monoisotopic (exact) mass is 325 g/mol. The number of rotatable bonds is 2. The highest BCUT2D eigenvalue weighted by Gasteiger charge is 2.36. The van der Waals surface area contributed by atoms with E-state index in [-0.39, 0.29) is 5.41 Å². The summed E-state index contributed by atoms with van der Waals surface area (Å²) in [6.45, 7) is 3.17. The fourth-order valence-corrected chi connectivity index (χ4v) is 3.98. The van der Waals surface area contributed by atoms with Gasteiger partial charge in [-0.15, -0.1) is 0 Å². The van der Waals surface area contributed by atoms with Crippen molar-refractivity contribution in [2.75, 3.05) is 13.3 Å². The zero-order valence-electron chi connectivity index (χ0n) is 11.3. The van der Waals surface area contributed by atoms with Crippen LogP contribution in [0.1, 0.15) is 43.2 Å². The molecular weight excluding hydrogens is 306 g/mol. The van der Waals surface area contributed by atoms with Crippen LogP contribution in [0.3, 0.4) is 0 Å². The van der Waals surface area contributed by atoms with Gasteiger partial charge in [-0.1, -0.05) is 19.3 Å². The van der Waals surface area contributed by atoms with Crippen molar-refractivity contribution < 1.29 is 9.47 Å². The van der Waals surface area contributed by atoms with Crippen LogP contribution in [0, 0.1) is 6.92 Å². The number of nitrogens with two attached hydrogens (primary N) is 1. The molecule has 19 heavy (non-hydrogen) atoms. The Kier molecular flexibility index (Phi) is 3.48. The first kappa shape index (κ1) is 13.3. The van der Waals surface area contributed by atoms with Crippen LogP contribution in [0.4, 0.5) is 0 Å². The van der Waals surface area contributed by atoms with Crippen molar-refractivity contribution in [2.45, 2.75) is 44.4 Å². The molecule has 1 aromatic carbocycles. The van der Waals surface area contributed by atoms with Crippen molar-refractivity contribution in [2.24, 2.45) is 5.73 Å². The highest BCUT2D eigenvalue weighted by molar-refractivity contribution is 9.10. The smallest absolute Gasteiger partial charge is 0.231 e. The van der Waals surface area contributed by atoms with Crippen molar-refractivity contribution >= 4 is 15.9 Å². The van der Waals surface area contributed by atoms with E-state index in [4.69, 9.17) is 15.2 Å². The molecule has 2 aliphatic rings. The molecule has 1 fully saturated rings. The first-order chi connectivity index (χ1) is 9.18. The van der Waals surface area contributed by atoms with E-state index in [9.17, 15) is 0 Å². The molecule has 0 atom stereocenters. The molecule has 0 unspecified atom stereocenters. The zero-order chi connectivity index (χ0) is 13.5. The fraction of sp³-hybridized carbons (Fsp3) is 0.600. The maximum Gasteiger partial charge on any atom is 0.231 e. The van der Waals surface area contributed by atoms with Gasteiger partial charge >= 0.3 is 0 Å². The van der Waals surface area contributed by atoms with Crippen molar-refractivity contribution in [3.8, 4) is 11.5 Å². The van der Waals surface area contributed by atoms with Gasteiger partial charge in [-0.05, 0) is 52.9 Å². The second kappa shape index (κ2) is 4.98. The molecule has 1 heterocycles. The van der Waals surface area contributed by atoms with Gasteiger partial charge in [0.2, 0.25) is 6.79 Å². The van der Waals surface area contributed by atoms with E-state index in [0.29, 0.717) is 13.3 Å². The van der Waals surface area contributed by atoms with Crippen LogP contribution in [0.2, 0.25) is 0 Å². The Labute approximate surface area is 122 Å². The molecule has 2 N–H and O–H groups in total. The second-order valence-corrected chi connectivity index (χ2v) is 6.44. The topological polar surface area (TPSA) is 44.5 Å². The summed E-state index contributed by atoms with van der Waals surface area (Å²) in [7, 11) is 0. The average molecular weight is 326 g/mol. The molecule has 3 rings (SSSR count). The quantitative estimate of drug-likeness (QED) is 0.902. The summed E-state index contributed by atoms with van der Waals surface area (Å²) in [4.78, 5) is 0. The summed E-state index contributed by atoms with van der Waals surface area (Å²) in [5.74, 6) is 1.69. The molecule has 0 aromatic heterocycles. The number of ether oxygens (including phenoxy) is 2. The lowest BCUT2D eigenvalue weighted by Gasteiger charge is -2.38. The number of hydrogen-bond acceptors (Lipinski definition) is 3. The predicted octanol–water partition coefficient (Wildman–Crippen LogP) is 3.65. The SMILES string of the molecule is Cc1c(C2(CN)CCCCC2)cc2c(c1Br)OCO2. The molecule has 1 saturated carbocycles. The van der Waals surface area contributed by atoms with E-state index < -0.39 is 0 Å². The Morgan fingerprint density at radius 3 is 2.68 bits per heavy atom. The van der Waals surface area contributed by atoms with Gasteiger partial charge in [0.1, 0.15) is 0 Å². The number of fused-ring (bicyclic) bond motifs is 1. The first-order valence-electron chi connectivity index (χ1n) is 6.97. The summed E-state index contributed by atoms with van der Waals surface area (Å²) in [6.07, 6.45) is 6.21. The Balaban J connectivity index is 2.11. The third-order valence-electron chi connectivity index (χ3n) is 4.62. The average Bonchev–Trinajstić information content (AvgIpc) is 2.92. The van der Waals surface area contributed by atoms with E-state index in [2.05, 4.69) is 28.9 Å². The lowest BCUT2D eigenvalue weighted by Crippen LogP contribution is -2.37. The van der Waals surface area contributed by atoms with Crippen molar-refractivity contribution in [3.63, 3.8) is 0 Å². The second-order valence-electron chi connectivity index (χ2n) is 5.64. The van der Waals surface area contributed by atoms with E-state index >= 15 is 0 Å². The van der Waals surface area contributed by atoms with Gasteiger partial charge in [0.15, 0.2) is 11.5 Å². The van der Waals surface area contributed by atoms with Crippen LogP contribution in [0.5, 0.6) is 11.5 Å². The Bertz CT molecular complexity index is 495. The van der Waals surface area contributed by atoms with Crippen molar-refractivity contribution in [1.82, 2.24) is 0 Å². The van der Waals surface area contributed by atoms with E-state index in [1.165, 1.54) is 43.2 Å². The van der Waals surface area contributed by atoms with Crippen molar-refractivity contribution in [3.05, 3.63) is 21.7 Å². The van der Waals surface area contributed by atoms with E-state index in [1.807, 2.05) is 0 Å². The molecule has 0 radical (unpaired) electrons. The highest BCUT2D eigenvalue weighted by Crippen LogP contribution is 2.48. The van der Waals surface area contributed by atoms with Crippen LogP contribution in [-0.4, -0.2) is 13.3 Å². The normalized spacial score (nSPS) is 20.6. The van der Waals surface area contributed by atoms with Crippen LogP contribution < -0.4 is 15.2 Å². The molecule has 4 heteroatoms. The number of benzene rings is 1. The van der Waals surface area contributed by atoms with Gasteiger partial charge in [0.25, 0.3) is 0 Å². The highest BCUT2D eigenvalue weighted by atomic mass is 79.9. The molecule has 0 amide bonds. The molecule has 104 valence electrons. The first-order valence-corrected chi connectivity index (χ1v) is 7.76. The van der Waals surface area contributed by atoms with E-state index in [0.717, 1.165) is 16.0 Å². The van der Waals surface area contributed by atoms with Crippen LogP contribution in [0.25, 0.3) is 0 Å². The van der Waals surface area contributed by atoms with Crippen LogP contribution in [-0.2, 0) is 5.41 Å². The minimum atomic E-state index is 0.117. The van der Waals surface area contributed by atoms with Crippen molar-refractivity contribution in [1.29, 1.82) is 0 Å². The van der Waals surface area contributed by atoms with Crippen LogP contribution in [0.15, 0.2) is 10.5 Å². The Morgan fingerprint density at radius 2 is 2.00 bits per heavy atom. The summed E-state index contributed by atoms with van der Waals surface area (Å²) >= 11 is 3.66. The lowest BCUT2D eigenvalue weighted by molar-refractivity contribution is 0.173. The maximum absolute atomic E-state index is 6.15. The minimum Gasteiger partial charge on any atom is -0.454 e. The summed E-state index contributed by atoms with van der Waals surface area (Å²) in [5, 5.41) is 0. The molecule has 1 aromatic rings. The molecule has 0 spiro atoms. The molecular formula is C15H20BrNO2. The van der Waals surface area contributed by atoms with Gasteiger partial charge in [-0.2, -0.15) is 0 Å². The van der Waals surface area contributed by atoms with E-state index in [1.54, 1.807) is 0 Å². The van der Waals surface area contributed by atoms with Crippen LogP contribution >= 0.6 is 15.9 Å². The van der Waals surface area contributed by atoms with Gasteiger partial charge in [0, 0.05) is 12.0 Å². The lowest BCUT2D eigenvalue weighted by atomic mass is 9.68. The maximum atomic E-state index is 6.15. The number of hydrogen-bond donors (Lipinski definition) is 1. The van der Waals surface area contributed by atoms with Gasteiger partial charge in [-0.3, -0.25) is 0 Å². The summed E-state index contributed by atoms with van der Waals surface area (Å²) < 4.78 is 12.1. The predicted molar refractivity (Wildman–Crippen MR) is 78.8 cm³/mol. The Hall–Kier alpha value is -0.740. The molecule has 1 aliphatic carbocycles. The van der Waals surface area contributed by atoms with Gasteiger partial charge in [-0.25, -0.2) is 0 Å². The minimum absolute atomic E-state index is 0.117. The number of halogens is 1. The van der Waals surface area contributed by atoms with Gasteiger partial charge in [0.05, 0.1) is 4.47 Å². The zero-order valence-corrected chi connectivity index (χ0v) is 12.9. The standard InChI is InChI=1S/C15H20BrNO2/c1-10-11(15(8-17)5-3-2-4-6-15)7-12-14(13(10)16)19-9-18-12/h7H,2-6,8-9,17H2,1H3. The summed E-state index contributed by atoms with van der Waals surface area (Å²) in [5.41, 5.74) is 8.85. The Morgan fingerprint density at radius 1 is 1.26 bits per heavy atom. The molecule has 3 nitrogen and oxygen atoms in total. The largest absolute Gasteiger partial charge is 0.454 e. The fourth-order valence-electron chi connectivity index (χ4n) is 3.46. The third kappa shape index (κ3) is 2.05. The third-order valence-corrected chi connectivity index (χ3v) is 5.58. The van der Waals surface area contributed by atoms with Gasteiger partial charge < -0.3 is 15.2 Å². The molecule has 0 saturated heterocycles. The summed E-state index contributed by atoms with van der Waals surface area (Å²) in [6, 6.07) is 2.15.